The predicted octanol–water partition coefficient (Wildman–Crippen LogP) is 1.29. The molecular weight excluding hydrogens is 240 g/mol. The van der Waals surface area contributed by atoms with Crippen LogP contribution < -0.4 is 10.6 Å². The van der Waals surface area contributed by atoms with E-state index in [2.05, 4.69) is 0 Å². The van der Waals surface area contributed by atoms with Crippen molar-refractivity contribution < 1.29 is 13.0 Å². The zero-order chi connectivity index (χ0) is 13.1. The van der Waals surface area contributed by atoms with Gasteiger partial charge in [0.2, 0.25) is 0 Å². The lowest BCUT2D eigenvalue weighted by molar-refractivity contribution is 0.482. The third-order valence-corrected chi connectivity index (χ3v) is 3.32. The van der Waals surface area contributed by atoms with Crippen molar-refractivity contribution in [2.24, 2.45) is 0 Å². The summed E-state index contributed by atoms with van der Waals surface area (Å²) in [6, 6.07) is 5.54. The molecule has 17 heavy (non-hydrogen) atoms. The van der Waals surface area contributed by atoms with Gasteiger partial charge < -0.3 is 10.6 Å². The summed E-state index contributed by atoms with van der Waals surface area (Å²) < 4.78 is 30.2. The Morgan fingerprint density at radius 3 is 2.53 bits per heavy atom. The Labute approximate surface area is 102 Å². The van der Waals surface area contributed by atoms with Gasteiger partial charge in [0.25, 0.3) is 10.1 Å². The maximum atomic E-state index is 10.7. The minimum absolute atomic E-state index is 0.263. The molecule has 0 aromatic heterocycles. The molecule has 6 heteroatoms. The second-order valence-corrected chi connectivity index (χ2v) is 5.48. The largest absolute Gasteiger partial charge is 0.399 e. The number of rotatable bonds is 5. The topological polar surface area (TPSA) is 83.6 Å². The Morgan fingerprint density at radius 2 is 2.06 bits per heavy atom. The maximum absolute atomic E-state index is 10.7. The zero-order valence-electron chi connectivity index (χ0n) is 10.0. The first-order chi connectivity index (χ1) is 7.83. The number of hydrogen-bond donors (Lipinski definition) is 2. The van der Waals surface area contributed by atoms with E-state index in [0.29, 0.717) is 12.2 Å². The first-order valence-corrected chi connectivity index (χ1v) is 7.00. The molecule has 0 unspecified atom stereocenters. The zero-order valence-corrected chi connectivity index (χ0v) is 10.9. The molecule has 96 valence electrons. The third kappa shape index (κ3) is 4.24. The van der Waals surface area contributed by atoms with E-state index in [4.69, 9.17) is 10.3 Å². The van der Waals surface area contributed by atoms with Crippen molar-refractivity contribution in [2.75, 3.05) is 29.5 Å². The molecule has 0 saturated heterocycles. The van der Waals surface area contributed by atoms with E-state index in [0.717, 1.165) is 11.3 Å². The van der Waals surface area contributed by atoms with E-state index in [1.165, 1.54) is 0 Å². The summed E-state index contributed by atoms with van der Waals surface area (Å²) in [4.78, 5) is 1.88. The Balaban J connectivity index is 2.83. The molecule has 0 aliphatic rings. The third-order valence-electron chi connectivity index (χ3n) is 2.62. The van der Waals surface area contributed by atoms with Crippen LogP contribution in [0.3, 0.4) is 0 Å². The number of nitrogens with two attached hydrogens (primary N) is 1. The van der Waals surface area contributed by atoms with Gasteiger partial charge in [-0.2, -0.15) is 8.42 Å². The van der Waals surface area contributed by atoms with Gasteiger partial charge in [-0.05, 0) is 37.6 Å². The summed E-state index contributed by atoms with van der Waals surface area (Å²) in [5.74, 6) is -0.274. The van der Waals surface area contributed by atoms with Crippen LogP contribution >= 0.6 is 0 Å². The Morgan fingerprint density at radius 1 is 1.41 bits per heavy atom. The first-order valence-electron chi connectivity index (χ1n) is 5.39. The van der Waals surface area contributed by atoms with E-state index in [9.17, 15) is 8.42 Å². The van der Waals surface area contributed by atoms with Crippen molar-refractivity contribution in [3.63, 3.8) is 0 Å². The van der Waals surface area contributed by atoms with Gasteiger partial charge >= 0.3 is 0 Å². The number of nitrogens with zero attached hydrogens (tertiary/aromatic N) is 1. The molecule has 3 N–H and O–H groups in total. The summed E-state index contributed by atoms with van der Waals surface area (Å²) in [6.45, 7) is 4.75. The molecule has 1 aromatic rings. The molecule has 0 heterocycles. The smallest absolute Gasteiger partial charge is 0.266 e. The fourth-order valence-electron chi connectivity index (χ4n) is 1.55. The van der Waals surface area contributed by atoms with Crippen LogP contribution in [0.15, 0.2) is 18.2 Å². The summed E-state index contributed by atoms with van der Waals surface area (Å²) in [5, 5.41) is 0. The Hall–Kier alpha value is -1.27. The quantitative estimate of drug-likeness (QED) is 0.614. The number of hydrogen-bond acceptors (Lipinski definition) is 4. The van der Waals surface area contributed by atoms with E-state index in [-0.39, 0.29) is 12.3 Å². The first kappa shape index (κ1) is 13.8. The number of anilines is 2. The molecule has 0 bridgehead atoms. The molecule has 5 nitrogen and oxygen atoms in total. The SMILES string of the molecule is CCN(CCS(=O)(=O)O)c1ccc(N)c(C)c1. The molecular formula is C11H18N2O3S. The molecule has 0 atom stereocenters. The van der Waals surface area contributed by atoms with E-state index < -0.39 is 10.1 Å². The van der Waals surface area contributed by atoms with Gasteiger partial charge in [-0.3, -0.25) is 4.55 Å². The van der Waals surface area contributed by atoms with Crippen molar-refractivity contribution in [3.8, 4) is 0 Å². The highest BCUT2D eigenvalue weighted by Crippen LogP contribution is 2.20. The highest BCUT2D eigenvalue weighted by molar-refractivity contribution is 7.85. The second-order valence-electron chi connectivity index (χ2n) is 3.91. The van der Waals surface area contributed by atoms with Crippen LogP contribution in [0.2, 0.25) is 0 Å². The van der Waals surface area contributed by atoms with Crippen LogP contribution in [0.4, 0.5) is 11.4 Å². The average Bonchev–Trinajstić information content (AvgIpc) is 2.22. The van der Waals surface area contributed by atoms with Gasteiger partial charge in [0.1, 0.15) is 0 Å². The van der Waals surface area contributed by atoms with Crippen molar-refractivity contribution >= 4 is 21.5 Å². The highest BCUT2D eigenvalue weighted by atomic mass is 32.2. The van der Waals surface area contributed by atoms with Crippen LogP contribution in [-0.2, 0) is 10.1 Å². The van der Waals surface area contributed by atoms with Gasteiger partial charge in [-0.15, -0.1) is 0 Å². The normalized spacial score (nSPS) is 11.5. The molecule has 1 rings (SSSR count). The minimum atomic E-state index is -3.92. The molecule has 0 amide bonds. The average molecular weight is 258 g/mol. The van der Waals surface area contributed by atoms with Gasteiger partial charge in [0.15, 0.2) is 0 Å². The Kier molecular flexibility index (Phi) is 4.36. The van der Waals surface area contributed by atoms with Crippen LogP contribution in [0.1, 0.15) is 12.5 Å². The fourth-order valence-corrected chi connectivity index (χ4v) is 2.00. The van der Waals surface area contributed by atoms with Crippen molar-refractivity contribution in [1.29, 1.82) is 0 Å². The van der Waals surface area contributed by atoms with E-state index in [1.807, 2.05) is 30.9 Å². The van der Waals surface area contributed by atoms with Gasteiger partial charge in [-0.1, -0.05) is 0 Å². The van der Waals surface area contributed by atoms with Gasteiger partial charge in [0, 0.05) is 24.5 Å². The van der Waals surface area contributed by atoms with Crippen LogP contribution in [0, 0.1) is 6.92 Å². The van der Waals surface area contributed by atoms with Crippen molar-refractivity contribution in [3.05, 3.63) is 23.8 Å². The number of benzene rings is 1. The van der Waals surface area contributed by atoms with Gasteiger partial charge in [0.05, 0.1) is 5.75 Å². The lowest BCUT2D eigenvalue weighted by Gasteiger charge is -2.23. The molecule has 0 radical (unpaired) electrons. The monoisotopic (exact) mass is 258 g/mol. The van der Waals surface area contributed by atoms with E-state index >= 15 is 0 Å². The van der Waals surface area contributed by atoms with Crippen molar-refractivity contribution in [1.82, 2.24) is 0 Å². The molecule has 0 aliphatic carbocycles. The Bertz CT molecular complexity index is 485. The number of aryl methyl sites for hydroxylation is 1. The molecule has 0 aliphatic heterocycles. The summed E-state index contributed by atoms with van der Waals surface area (Å²) >= 11 is 0. The number of nitrogen functional groups attached to an aromatic ring is 1. The molecule has 1 aromatic carbocycles. The fraction of sp³-hybridized carbons (Fsp3) is 0.455. The summed E-state index contributed by atoms with van der Waals surface area (Å²) in [6.07, 6.45) is 0. The van der Waals surface area contributed by atoms with Crippen LogP contribution in [0.25, 0.3) is 0 Å². The lowest BCUT2D eigenvalue weighted by Crippen LogP contribution is -2.29. The molecule has 0 fully saturated rings. The van der Waals surface area contributed by atoms with Gasteiger partial charge in [-0.25, -0.2) is 0 Å². The molecule has 0 spiro atoms. The highest BCUT2D eigenvalue weighted by Gasteiger charge is 2.10. The van der Waals surface area contributed by atoms with Crippen LogP contribution in [-0.4, -0.2) is 31.8 Å². The lowest BCUT2D eigenvalue weighted by atomic mass is 10.1. The van der Waals surface area contributed by atoms with Crippen LogP contribution in [0.5, 0.6) is 0 Å². The standard InChI is InChI=1S/C11H18N2O3S/c1-3-13(6-7-17(14,15)16)10-4-5-11(12)9(2)8-10/h4-5,8H,3,6-7,12H2,1-2H3,(H,14,15,16). The minimum Gasteiger partial charge on any atom is -0.399 e. The molecule has 0 saturated carbocycles. The predicted molar refractivity (Wildman–Crippen MR) is 69.9 cm³/mol. The maximum Gasteiger partial charge on any atom is 0.266 e. The summed E-state index contributed by atoms with van der Waals surface area (Å²) in [7, 11) is -3.92. The second kappa shape index (κ2) is 5.37. The summed E-state index contributed by atoms with van der Waals surface area (Å²) in [5.41, 5.74) is 8.28. The van der Waals surface area contributed by atoms with Crippen molar-refractivity contribution in [2.45, 2.75) is 13.8 Å². The van der Waals surface area contributed by atoms with E-state index in [1.54, 1.807) is 6.07 Å².